The van der Waals surface area contributed by atoms with E-state index in [1.54, 1.807) is 0 Å². The number of fused-ring (bicyclic) bond motifs is 5. The topological polar surface area (TPSA) is 48.0 Å². The number of nitrogens with zero attached hydrogens (tertiary/aromatic N) is 5. The minimum atomic E-state index is 0.710. The standard InChI is InChI=1S/C47H31N5/c1-5-13-32(14-6-1)37-25-27-40-44(29-37)52-45-30-38(26-28-43(45)51(47(52)50-40)39-19-11-4-12-20-39)33-21-23-35(24-22-33)42-31-41(34-15-7-2-8-16-34)48-46(49-42)36-17-9-3-10-18-36/h1-31H. The first-order valence-electron chi connectivity index (χ1n) is 17.5. The van der Waals surface area contributed by atoms with Crippen molar-refractivity contribution in [1.82, 2.24) is 23.9 Å². The second kappa shape index (κ2) is 12.3. The molecule has 3 heterocycles. The molecule has 0 bridgehead atoms. The van der Waals surface area contributed by atoms with E-state index in [4.69, 9.17) is 15.0 Å². The van der Waals surface area contributed by atoms with Crippen LogP contribution in [0.2, 0.25) is 0 Å². The van der Waals surface area contributed by atoms with Crippen molar-refractivity contribution in [2.45, 2.75) is 0 Å². The Morgan fingerprint density at radius 3 is 1.46 bits per heavy atom. The second-order valence-electron chi connectivity index (χ2n) is 13.0. The molecule has 0 unspecified atom stereocenters. The molecule has 244 valence electrons. The number of hydrogen-bond donors (Lipinski definition) is 0. The highest BCUT2D eigenvalue weighted by atomic mass is 15.2. The molecule has 0 N–H and O–H groups in total. The van der Waals surface area contributed by atoms with Gasteiger partial charge < -0.3 is 0 Å². The smallest absolute Gasteiger partial charge is 0.220 e. The Labute approximate surface area is 300 Å². The summed E-state index contributed by atoms with van der Waals surface area (Å²) in [6.45, 7) is 0. The van der Waals surface area contributed by atoms with Crippen LogP contribution in [-0.4, -0.2) is 23.9 Å². The van der Waals surface area contributed by atoms with Crippen LogP contribution in [0.3, 0.4) is 0 Å². The summed E-state index contributed by atoms with van der Waals surface area (Å²) in [7, 11) is 0. The number of aromatic nitrogens is 5. The van der Waals surface area contributed by atoms with E-state index < -0.39 is 0 Å². The molecular weight excluding hydrogens is 635 g/mol. The lowest BCUT2D eigenvalue weighted by atomic mass is 10.0. The fraction of sp³-hybridized carbons (Fsp3) is 0. The van der Waals surface area contributed by atoms with E-state index in [2.05, 4.69) is 161 Å². The van der Waals surface area contributed by atoms with Crippen LogP contribution in [0.1, 0.15) is 0 Å². The molecule has 0 spiro atoms. The molecule has 0 atom stereocenters. The first-order valence-corrected chi connectivity index (χ1v) is 17.5. The minimum Gasteiger partial charge on any atom is -0.278 e. The maximum atomic E-state index is 5.18. The number of imidazole rings is 2. The zero-order chi connectivity index (χ0) is 34.4. The van der Waals surface area contributed by atoms with Crippen LogP contribution in [0.25, 0.3) is 89.7 Å². The largest absolute Gasteiger partial charge is 0.278 e. The van der Waals surface area contributed by atoms with Gasteiger partial charge in [-0.25, -0.2) is 15.0 Å². The average molecular weight is 666 g/mol. The van der Waals surface area contributed by atoms with Gasteiger partial charge in [-0.3, -0.25) is 8.97 Å². The Balaban J connectivity index is 1.11. The second-order valence-corrected chi connectivity index (χ2v) is 13.0. The normalized spacial score (nSPS) is 11.5. The molecule has 0 saturated carbocycles. The van der Waals surface area contributed by atoms with Gasteiger partial charge in [0.15, 0.2) is 5.82 Å². The SMILES string of the molecule is c1ccc(-c2ccc3nc4n(-c5ccccc5)c5ccc(-c6ccc(-c7cc(-c8ccccc8)nc(-c8ccccc8)n7)cc6)cc5n4c3c2)cc1. The van der Waals surface area contributed by atoms with Gasteiger partial charge in [0.05, 0.1) is 33.5 Å². The third kappa shape index (κ3) is 5.15. The Morgan fingerprint density at radius 2 is 0.808 bits per heavy atom. The van der Waals surface area contributed by atoms with Gasteiger partial charge in [0, 0.05) is 22.4 Å². The lowest BCUT2D eigenvalue weighted by molar-refractivity contribution is 1.11. The van der Waals surface area contributed by atoms with Gasteiger partial charge in [0.1, 0.15) is 0 Å². The van der Waals surface area contributed by atoms with Crippen molar-refractivity contribution < 1.29 is 0 Å². The lowest BCUT2D eigenvalue weighted by Gasteiger charge is -2.10. The van der Waals surface area contributed by atoms with Crippen LogP contribution in [0.15, 0.2) is 188 Å². The van der Waals surface area contributed by atoms with Gasteiger partial charge in [-0.2, -0.15) is 0 Å². The summed E-state index contributed by atoms with van der Waals surface area (Å²) in [6, 6.07) is 65.5. The van der Waals surface area contributed by atoms with Crippen molar-refractivity contribution in [3.63, 3.8) is 0 Å². The lowest BCUT2D eigenvalue weighted by Crippen LogP contribution is -1.95. The van der Waals surface area contributed by atoms with Gasteiger partial charge in [-0.05, 0) is 64.7 Å². The Kier molecular flexibility index (Phi) is 7.07. The predicted octanol–water partition coefficient (Wildman–Crippen LogP) is 11.6. The maximum absolute atomic E-state index is 5.18. The molecule has 5 nitrogen and oxygen atoms in total. The van der Waals surface area contributed by atoms with Crippen LogP contribution < -0.4 is 0 Å². The van der Waals surface area contributed by atoms with Crippen LogP contribution in [-0.2, 0) is 0 Å². The molecule has 52 heavy (non-hydrogen) atoms. The van der Waals surface area contributed by atoms with E-state index in [0.29, 0.717) is 5.82 Å². The van der Waals surface area contributed by atoms with Crippen molar-refractivity contribution in [3.05, 3.63) is 188 Å². The third-order valence-electron chi connectivity index (χ3n) is 9.76. The Morgan fingerprint density at radius 1 is 0.327 bits per heavy atom. The van der Waals surface area contributed by atoms with E-state index in [0.717, 1.165) is 78.3 Å². The molecular formula is C47H31N5. The fourth-order valence-corrected chi connectivity index (χ4v) is 7.17. The molecule has 10 rings (SSSR count). The third-order valence-corrected chi connectivity index (χ3v) is 9.76. The summed E-state index contributed by atoms with van der Waals surface area (Å²) >= 11 is 0. The van der Waals surface area contributed by atoms with E-state index in [9.17, 15) is 0 Å². The zero-order valence-electron chi connectivity index (χ0n) is 28.1. The highest BCUT2D eigenvalue weighted by Gasteiger charge is 2.19. The van der Waals surface area contributed by atoms with Crippen molar-refractivity contribution in [3.8, 4) is 61.8 Å². The molecule has 10 aromatic rings. The van der Waals surface area contributed by atoms with Crippen molar-refractivity contribution >= 4 is 27.8 Å². The highest BCUT2D eigenvalue weighted by Crippen LogP contribution is 2.35. The summed E-state index contributed by atoms with van der Waals surface area (Å²) in [5.74, 6) is 1.60. The quantitative estimate of drug-likeness (QED) is 0.178. The Bertz CT molecular complexity index is 2800. The molecule has 5 heteroatoms. The molecule has 0 aliphatic heterocycles. The van der Waals surface area contributed by atoms with Gasteiger partial charge in [0.25, 0.3) is 0 Å². The molecule has 0 radical (unpaired) electrons. The van der Waals surface area contributed by atoms with Gasteiger partial charge >= 0.3 is 0 Å². The van der Waals surface area contributed by atoms with Gasteiger partial charge in [-0.1, -0.05) is 146 Å². The first-order chi connectivity index (χ1) is 25.8. The first kappa shape index (κ1) is 29.8. The molecule has 0 amide bonds. The number of hydrogen-bond acceptors (Lipinski definition) is 3. The van der Waals surface area contributed by atoms with Crippen molar-refractivity contribution in [2.75, 3.05) is 0 Å². The molecule has 0 saturated heterocycles. The number of para-hydroxylation sites is 1. The van der Waals surface area contributed by atoms with Crippen LogP contribution in [0, 0.1) is 0 Å². The van der Waals surface area contributed by atoms with Gasteiger partial charge in [0.2, 0.25) is 5.78 Å². The molecule has 0 aliphatic carbocycles. The zero-order valence-corrected chi connectivity index (χ0v) is 28.1. The number of benzene rings is 7. The monoisotopic (exact) mass is 665 g/mol. The molecule has 3 aromatic heterocycles. The van der Waals surface area contributed by atoms with Crippen LogP contribution in [0.5, 0.6) is 0 Å². The molecule has 0 fully saturated rings. The van der Waals surface area contributed by atoms with E-state index in [1.807, 2.05) is 36.4 Å². The van der Waals surface area contributed by atoms with Crippen LogP contribution >= 0.6 is 0 Å². The Hall–Kier alpha value is -7.11. The van der Waals surface area contributed by atoms with E-state index in [-0.39, 0.29) is 0 Å². The summed E-state index contributed by atoms with van der Waals surface area (Å²) in [6.07, 6.45) is 0. The highest BCUT2D eigenvalue weighted by molar-refractivity contribution is 5.95. The fourth-order valence-electron chi connectivity index (χ4n) is 7.17. The average Bonchev–Trinajstić information content (AvgIpc) is 3.76. The molecule has 7 aromatic carbocycles. The van der Waals surface area contributed by atoms with Crippen molar-refractivity contribution in [1.29, 1.82) is 0 Å². The minimum absolute atomic E-state index is 0.710. The van der Waals surface area contributed by atoms with Gasteiger partial charge in [-0.15, -0.1) is 0 Å². The summed E-state index contributed by atoms with van der Waals surface area (Å²) in [5.41, 5.74) is 14.8. The predicted molar refractivity (Wildman–Crippen MR) is 212 cm³/mol. The summed E-state index contributed by atoms with van der Waals surface area (Å²) < 4.78 is 4.56. The van der Waals surface area contributed by atoms with Crippen LogP contribution in [0.4, 0.5) is 0 Å². The summed E-state index contributed by atoms with van der Waals surface area (Å²) in [5, 5.41) is 0. The summed E-state index contributed by atoms with van der Waals surface area (Å²) in [4.78, 5) is 15.2. The number of rotatable bonds is 6. The van der Waals surface area contributed by atoms with Crippen molar-refractivity contribution in [2.24, 2.45) is 0 Å². The molecule has 0 aliphatic rings. The maximum Gasteiger partial charge on any atom is 0.220 e. The van der Waals surface area contributed by atoms with E-state index >= 15 is 0 Å². The van der Waals surface area contributed by atoms with E-state index in [1.165, 1.54) is 5.56 Å².